The molecule has 3 aromatic rings. The van der Waals surface area contributed by atoms with Crippen molar-refractivity contribution in [2.75, 3.05) is 11.9 Å². The monoisotopic (exact) mass is 316 g/mol. The first-order valence-corrected chi connectivity index (χ1v) is 8.10. The minimum absolute atomic E-state index is 0.231. The van der Waals surface area contributed by atoms with Crippen LogP contribution in [0, 0.1) is 6.92 Å². The van der Waals surface area contributed by atoms with E-state index in [9.17, 15) is 0 Å². The van der Waals surface area contributed by atoms with Crippen LogP contribution in [0.2, 0.25) is 0 Å². The highest BCUT2D eigenvalue weighted by Crippen LogP contribution is 2.38. The normalized spacial score (nSPS) is 14.8. The number of hydrogen-bond donors (Lipinski definition) is 2. The molecule has 1 aliphatic heterocycles. The van der Waals surface area contributed by atoms with E-state index < -0.39 is 0 Å². The van der Waals surface area contributed by atoms with Gasteiger partial charge >= 0.3 is 0 Å². The molecule has 24 heavy (non-hydrogen) atoms. The summed E-state index contributed by atoms with van der Waals surface area (Å²) in [5, 5.41) is 6.73. The average molecular weight is 316 g/mol. The fraction of sp³-hybridized carbons (Fsp3) is 0.150. The van der Waals surface area contributed by atoms with Crippen LogP contribution >= 0.6 is 0 Å². The Hall–Kier alpha value is -3.01. The Bertz CT molecular complexity index is 894. The Morgan fingerprint density at radius 3 is 2.96 bits per heavy atom. The quantitative estimate of drug-likeness (QED) is 0.749. The number of nitrogens with zero attached hydrogens (tertiary/aromatic N) is 2. The van der Waals surface area contributed by atoms with Gasteiger partial charge in [0.2, 0.25) is 0 Å². The molecule has 2 aromatic carbocycles. The Labute approximate surface area is 141 Å². The number of anilines is 1. The molecule has 120 valence electrons. The number of aromatic nitrogens is 2. The molecule has 4 nitrogen and oxygen atoms in total. The van der Waals surface area contributed by atoms with Crippen LogP contribution in [0.1, 0.15) is 17.2 Å². The van der Waals surface area contributed by atoms with Crippen molar-refractivity contribution >= 4 is 5.69 Å². The maximum Gasteiger partial charge on any atom is 0.0957 e. The molecule has 0 saturated carbocycles. The number of fused-ring (bicyclic) bond motifs is 3. The van der Waals surface area contributed by atoms with Crippen molar-refractivity contribution in [3.8, 4) is 11.3 Å². The van der Waals surface area contributed by atoms with E-state index in [1.165, 1.54) is 22.4 Å². The number of nitrogens with one attached hydrogen (secondary N) is 2. The van der Waals surface area contributed by atoms with E-state index in [1.54, 1.807) is 0 Å². The molecule has 4 rings (SSSR count). The topological polar surface area (TPSA) is 41.9 Å². The van der Waals surface area contributed by atoms with Crippen molar-refractivity contribution in [1.29, 1.82) is 0 Å². The number of hydrogen-bond acceptors (Lipinski definition) is 3. The van der Waals surface area contributed by atoms with Crippen molar-refractivity contribution in [2.45, 2.75) is 13.0 Å². The summed E-state index contributed by atoms with van der Waals surface area (Å²) < 4.78 is 2.22. The third kappa shape index (κ3) is 2.56. The van der Waals surface area contributed by atoms with Crippen molar-refractivity contribution in [3.63, 3.8) is 0 Å². The molecule has 1 unspecified atom stereocenters. The van der Waals surface area contributed by atoms with Crippen molar-refractivity contribution in [1.82, 2.24) is 14.9 Å². The summed E-state index contributed by atoms with van der Waals surface area (Å²) in [6, 6.07) is 17.0. The maximum atomic E-state index is 4.29. The van der Waals surface area contributed by atoms with Gasteiger partial charge in [0.05, 0.1) is 30.1 Å². The molecule has 1 atom stereocenters. The van der Waals surface area contributed by atoms with Crippen LogP contribution in [0.3, 0.4) is 0 Å². The highest BCUT2D eigenvalue weighted by Gasteiger charge is 2.27. The molecule has 0 saturated heterocycles. The van der Waals surface area contributed by atoms with E-state index in [4.69, 9.17) is 0 Å². The SMILES string of the molecule is C=C(NCC1c2ccccc2-c2cncn21)Nc1cccc(C)c1. The van der Waals surface area contributed by atoms with Gasteiger partial charge in [0, 0.05) is 17.8 Å². The lowest BCUT2D eigenvalue weighted by molar-refractivity contribution is 0.574. The molecule has 0 bridgehead atoms. The summed E-state index contributed by atoms with van der Waals surface area (Å²) in [5.74, 6) is 0.798. The van der Waals surface area contributed by atoms with Crippen molar-refractivity contribution in [3.05, 3.63) is 84.6 Å². The van der Waals surface area contributed by atoms with Crippen LogP contribution < -0.4 is 10.6 Å². The van der Waals surface area contributed by atoms with Gasteiger partial charge in [-0.25, -0.2) is 4.98 Å². The van der Waals surface area contributed by atoms with Crippen LogP contribution in [0.4, 0.5) is 5.69 Å². The van der Waals surface area contributed by atoms with Gasteiger partial charge in [-0.05, 0) is 30.2 Å². The number of rotatable bonds is 5. The molecular formula is C20H20N4. The number of imidazole rings is 1. The summed E-state index contributed by atoms with van der Waals surface area (Å²) in [6.45, 7) is 6.94. The molecule has 0 spiro atoms. The van der Waals surface area contributed by atoms with Crippen LogP contribution in [0.25, 0.3) is 11.3 Å². The fourth-order valence-corrected chi connectivity index (χ4v) is 3.30. The Balaban J connectivity index is 1.47. The molecule has 1 aliphatic rings. The fourth-order valence-electron chi connectivity index (χ4n) is 3.30. The smallest absolute Gasteiger partial charge is 0.0957 e. The lowest BCUT2D eigenvalue weighted by atomic mass is 10.0. The lowest BCUT2D eigenvalue weighted by Gasteiger charge is -2.18. The summed E-state index contributed by atoms with van der Waals surface area (Å²) in [5.41, 5.74) is 6.03. The second-order valence-electron chi connectivity index (χ2n) is 6.14. The maximum absolute atomic E-state index is 4.29. The molecule has 2 heterocycles. The zero-order valence-corrected chi connectivity index (χ0v) is 13.7. The van der Waals surface area contributed by atoms with Crippen LogP contribution in [0.15, 0.2) is 73.5 Å². The van der Waals surface area contributed by atoms with Gasteiger partial charge in [0.25, 0.3) is 0 Å². The standard InChI is InChI=1S/C20H20N4/c1-14-6-5-7-16(10-14)23-15(2)22-12-20-18-9-4-3-8-17(18)19-11-21-13-24(19)20/h3-11,13,20,22-23H,2,12H2,1H3. The number of aryl methyl sites for hydroxylation is 1. The van der Waals surface area contributed by atoms with Gasteiger partial charge in [0.15, 0.2) is 0 Å². The minimum atomic E-state index is 0.231. The van der Waals surface area contributed by atoms with E-state index in [0.29, 0.717) is 0 Å². The zero-order valence-electron chi connectivity index (χ0n) is 13.7. The predicted octanol–water partition coefficient (Wildman–Crippen LogP) is 3.93. The largest absolute Gasteiger partial charge is 0.370 e. The van der Waals surface area contributed by atoms with Gasteiger partial charge in [-0.3, -0.25) is 0 Å². The Morgan fingerprint density at radius 1 is 1.21 bits per heavy atom. The van der Waals surface area contributed by atoms with E-state index >= 15 is 0 Å². The van der Waals surface area contributed by atoms with Gasteiger partial charge in [-0.15, -0.1) is 0 Å². The summed E-state index contributed by atoms with van der Waals surface area (Å²) in [7, 11) is 0. The molecule has 1 aromatic heterocycles. The van der Waals surface area contributed by atoms with Gasteiger partial charge in [-0.1, -0.05) is 43.0 Å². The first kappa shape index (κ1) is 14.6. The summed E-state index contributed by atoms with van der Waals surface area (Å²) in [6.07, 6.45) is 3.83. The van der Waals surface area contributed by atoms with Crippen molar-refractivity contribution in [2.24, 2.45) is 0 Å². The van der Waals surface area contributed by atoms with E-state index in [2.05, 4.69) is 70.1 Å². The predicted molar refractivity (Wildman–Crippen MR) is 97.7 cm³/mol. The van der Waals surface area contributed by atoms with Crippen molar-refractivity contribution < 1.29 is 0 Å². The highest BCUT2D eigenvalue weighted by molar-refractivity contribution is 5.69. The van der Waals surface area contributed by atoms with Crippen LogP contribution in [0.5, 0.6) is 0 Å². The third-order valence-electron chi connectivity index (χ3n) is 4.42. The molecule has 2 N–H and O–H groups in total. The molecule has 0 amide bonds. The molecule has 0 fully saturated rings. The molecule has 0 aliphatic carbocycles. The Kier molecular flexibility index (Phi) is 3.58. The van der Waals surface area contributed by atoms with Gasteiger partial charge in [0.1, 0.15) is 0 Å². The van der Waals surface area contributed by atoms with Gasteiger partial charge < -0.3 is 15.2 Å². The molecule has 0 radical (unpaired) electrons. The second-order valence-corrected chi connectivity index (χ2v) is 6.14. The first-order valence-electron chi connectivity index (χ1n) is 8.10. The van der Waals surface area contributed by atoms with Gasteiger partial charge in [-0.2, -0.15) is 0 Å². The highest BCUT2D eigenvalue weighted by atomic mass is 15.2. The summed E-state index contributed by atoms with van der Waals surface area (Å²) >= 11 is 0. The van der Waals surface area contributed by atoms with E-state index in [0.717, 1.165) is 18.1 Å². The number of benzene rings is 2. The first-order chi connectivity index (χ1) is 11.7. The van der Waals surface area contributed by atoms with E-state index in [1.807, 2.05) is 24.7 Å². The van der Waals surface area contributed by atoms with Crippen LogP contribution in [-0.2, 0) is 0 Å². The minimum Gasteiger partial charge on any atom is -0.370 e. The van der Waals surface area contributed by atoms with Crippen LogP contribution in [-0.4, -0.2) is 16.1 Å². The van der Waals surface area contributed by atoms with E-state index in [-0.39, 0.29) is 6.04 Å². The second kappa shape index (κ2) is 5.89. The zero-order chi connectivity index (χ0) is 16.5. The third-order valence-corrected chi connectivity index (χ3v) is 4.42. The lowest BCUT2D eigenvalue weighted by Crippen LogP contribution is -2.26. The molecular weight excluding hydrogens is 296 g/mol. The Morgan fingerprint density at radius 2 is 2.08 bits per heavy atom. The molecule has 4 heteroatoms. The average Bonchev–Trinajstić information content (AvgIpc) is 3.14. The summed E-state index contributed by atoms with van der Waals surface area (Å²) in [4.78, 5) is 4.29.